The third kappa shape index (κ3) is 4.73. The summed E-state index contributed by atoms with van der Waals surface area (Å²) in [6, 6.07) is 15.0. The summed E-state index contributed by atoms with van der Waals surface area (Å²) < 4.78 is 0. The molecule has 2 heterocycles. The van der Waals surface area contributed by atoms with E-state index in [-0.39, 0.29) is 30.2 Å². The average molecular weight is 433 g/mol. The molecule has 0 radical (unpaired) electrons. The molecule has 0 spiro atoms. The van der Waals surface area contributed by atoms with Crippen molar-refractivity contribution in [1.29, 1.82) is 0 Å². The number of anilines is 1. The number of piperidine rings is 1. The lowest BCUT2D eigenvalue weighted by molar-refractivity contribution is -0.123. The zero-order valence-electron chi connectivity index (χ0n) is 18.0. The van der Waals surface area contributed by atoms with Gasteiger partial charge in [0.15, 0.2) is 0 Å². The number of primary amides is 1. The van der Waals surface area contributed by atoms with Crippen LogP contribution in [0.4, 0.5) is 5.69 Å². The summed E-state index contributed by atoms with van der Waals surface area (Å²) in [5.74, 6) is -0.644. The number of benzene rings is 2. The van der Waals surface area contributed by atoms with Crippen molar-refractivity contribution in [3.63, 3.8) is 0 Å². The number of carbonyl (C=O) groups excluding carboxylic acids is 3. The number of nitrogens with one attached hydrogen (secondary N) is 1. The Morgan fingerprint density at radius 1 is 1.03 bits per heavy atom. The third-order valence-electron chi connectivity index (χ3n) is 6.29. The van der Waals surface area contributed by atoms with E-state index in [1.807, 2.05) is 36.4 Å². The highest BCUT2D eigenvalue weighted by Gasteiger charge is 2.31. The molecule has 2 aliphatic heterocycles. The molecular weight excluding hydrogens is 404 g/mol. The zero-order chi connectivity index (χ0) is 22.7. The van der Waals surface area contributed by atoms with Crippen molar-refractivity contribution in [1.82, 2.24) is 9.80 Å². The van der Waals surface area contributed by atoms with Crippen LogP contribution in [0.3, 0.4) is 0 Å². The molecule has 0 aliphatic carbocycles. The van der Waals surface area contributed by atoms with E-state index in [9.17, 15) is 14.4 Å². The minimum absolute atomic E-state index is 0.0105. The van der Waals surface area contributed by atoms with E-state index < -0.39 is 0 Å². The molecule has 2 aliphatic rings. The Hall–Kier alpha value is -3.45. The second kappa shape index (κ2) is 9.36. The van der Waals surface area contributed by atoms with E-state index >= 15 is 0 Å². The van der Waals surface area contributed by atoms with Crippen LogP contribution in [0.1, 0.15) is 34.3 Å². The summed E-state index contributed by atoms with van der Waals surface area (Å²) in [6.07, 6.45) is 2.56. The van der Waals surface area contributed by atoms with Gasteiger partial charge in [-0.3, -0.25) is 19.3 Å². The van der Waals surface area contributed by atoms with Crippen LogP contribution in [-0.4, -0.2) is 53.7 Å². The molecule has 166 valence electrons. The van der Waals surface area contributed by atoms with Gasteiger partial charge in [0, 0.05) is 35.0 Å². The topological polar surface area (TPSA) is 95.7 Å². The number of hydrogen-bond donors (Lipinski definition) is 2. The van der Waals surface area contributed by atoms with Gasteiger partial charge >= 0.3 is 0 Å². The van der Waals surface area contributed by atoms with Crippen molar-refractivity contribution >= 4 is 29.1 Å². The molecular formula is C25H28N4O3. The van der Waals surface area contributed by atoms with Crippen molar-refractivity contribution < 1.29 is 14.4 Å². The van der Waals surface area contributed by atoms with Gasteiger partial charge in [0.25, 0.3) is 5.91 Å². The molecule has 0 unspecified atom stereocenters. The van der Waals surface area contributed by atoms with Gasteiger partial charge in [-0.25, -0.2) is 0 Å². The highest BCUT2D eigenvalue weighted by Crippen LogP contribution is 2.30. The van der Waals surface area contributed by atoms with Crippen molar-refractivity contribution in [2.45, 2.75) is 19.3 Å². The molecule has 32 heavy (non-hydrogen) atoms. The Morgan fingerprint density at radius 2 is 1.69 bits per heavy atom. The van der Waals surface area contributed by atoms with Gasteiger partial charge in [-0.05, 0) is 56.1 Å². The maximum Gasteiger partial charge on any atom is 0.259 e. The van der Waals surface area contributed by atoms with Gasteiger partial charge in [0.1, 0.15) is 6.54 Å². The highest BCUT2D eigenvalue weighted by molar-refractivity contribution is 6.11. The molecule has 1 saturated heterocycles. The predicted octanol–water partition coefficient (Wildman–Crippen LogP) is 2.49. The minimum atomic E-state index is -0.266. The average Bonchev–Trinajstić information content (AvgIpc) is 3.04. The first-order chi connectivity index (χ1) is 15.4. The van der Waals surface area contributed by atoms with Crippen molar-refractivity contribution in [3.05, 3.63) is 71.8 Å². The molecule has 0 atom stereocenters. The van der Waals surface area contributed by atoms with Crippen molar-refractivity contribution in [3.8, 4) is 0 Å². The van der Waals surface area contributed by atoms with E-state index in [4.69, 9.17) is 5.73 Å². The molecule has 0 bridgehead atoms. The van der Waals surface area contributed by atoms with Gasteiger partial charge in [-0.2, -0.15) is 0 Å². The number of likely N-dealkylation sites (tertiary alicyclic amines) is 1. The van der Waals surface area contributed by atoms with Crippen LogP contribution >= 0.6 is 0 Å². The Kier molecular flexibility index (Phi) is 6.37. The summed E-state index contributed by atoms with van der Waals surface area (Å²) in [7, 11) is 0. The minimum Gasteiger partial charge on any atom is -0.369 e. The molecule has 1 fully saturated rings. The number of rotatable bonds is 7. The van der Waals surface area contributed by atoms with Crippen molar-refractivity contribution in [2.24, 2.45) is 11.7 Å². The van der Waals surface area contributed by atoms with Gasteiger partial charge < -0.3 is 16.0 Å². The quantitative estimate of drug-likeness (QED) is 0.703. The van der Waals surface area contributed by atoms with Crippen LogP contribution in [0, 0.1) is 5.92 Å². The molecule has 2 aromatic carbocycles. The van der Waals surface area contributed by atoms with E-state index in [1.54, 1.807) is 12.1 Å². The van der Waals surface area contributed by atoms with Gasteiger partial charge in [-0.15, -0.1) is 0 Å². The molecule has 2 aromatic rings. The summed E-state index contributed by atoms with van der Waals surface area (Å²) >= 11 is 0. The number of nitrogens with zero attached hydrogens (tertiary/aromatic N) is 2. The van der Waals surface area contributed by atoms with Crippen LogP contribution in [0.15, 0.2) is 55.1 Å². The predicted molar refractivity (Wildman–Crippen MR) is 124 cm³/mol. The number of carbonyl (C=O) groups is 3. The fraction of sp³-hybridized carbons (Fsp3) is 0.320. The lowest BCUT2D eigenvalue weighted by Gasteiger charge is -2.30. The largest absolute Gasteiger partial charge is 0.369 e. The number of amides is 3. The standard InChI is InChI=1S/C25H28N4O3/c1-17-21-4-2-3-5-22(21)25(32)29(17)16-23(30)27-20-8-6-18(7-9-20)10-13-28-14-11-19(12-15-28)24(26)31/h2-9,19H,1,10-16H2,(H2,26,31)(H,27,30). The molecule has 0 saturated carbocycles. The summed E-state index contributed by atoms with van der Waals surface area (Å²) in [5.41, 5.74) is 9.17. The van der Waals surface area contributed by atoms with E-state index in [1.165, 1.54) is 10.5 Å². The molecule has 7 heteroatoms. The van der Waals surface area contributed by atoms with Crippen LogP contribution < -0.4 is 11.1 Å². The first-order valence-electron chi connectivity index (χ1n) is 10.9. The molecule has 4 rings (SSSR count). The number of hydrogen-bond acceptors (Lipinski definition) is 4. The first-order valence-corrected chi connectivity index (χ1v) is 10.9. The number of fused-ring (bicyclic) bond motifs is 1. The fourth-order valence-corrected chi connectivity index (χ4v) is 4.33. The van der Waals surface area contributed by atoms with Gasteiger partial charge in [-0.1, -0.05) is 36.9 Å². The van der Waals surface area contributed by atoms with E-state index in [0.29, 0.717) is 16.9 Å². The first kappa shape index (κ1) is 21.8. The summed E-state index contributed by atoms with van der Waals surface area (Å²) in [4.78, 5) is 40.1. The van der Waals surface area contributed by atoms with E-state index in [0.717, 1.165) is 44.5 Å². The van der Waals surface area contributed by atoms with Crippen LogP contribution in [0.5, 0.6) is 0 Å². The maximum absolute atomic E-state index is 12.6. The summed E-state index contributed by atoms with van der Waals surface area (Å²) in [5, 5.41) is 2.86. The third-order valence-corrected chi connectivity index (χ3v) is 6.29. The second-order valence-electron chi connectivity index (χ2n) is 8.40. The number of nitrogens with two attached hydrogens (primary N) is 1. The SMILES string of the molecule is C=C1c2ccccc2C(=O)N1CC(=O)Nc1ccc(CCN2CCC(C(N)=O)CC2)cc1. The molecule has 0 aromatic heterocycles. The molecule has 3 N–H and O–H groups in total. The van der Waals surface area contributed by atoms with Gasteiger partial charge in [0.2, 0.25) is 11.8 Å². The monoisotopic (exact) mass is 432 g/mol. The molecule has 3 amide bonds. The Morgan fingerprint density at radius 3 is 2.31 bits per heavy atom. The normalized spacial score (nSPS) is 16.8. The van der Waals surface area contributed by atoms with Crippen LogP contribution in [0.25, 0.3) is 5.70 Å². The Balaban J connectivity index is 1.25. The van der Waals surface area contributed by atoms with Crippen molar-refractivity contribution in [2.75, 3.05) is 31.5 Å². The van der Waals surface area contributed by atoms with Crippen LogP contribution in [0.2, 0.25) is 0 Å². The Bertz CT molecular complexity index is 1000. The summed E-state index contributed by atoms with van der Waals surface area (Å²) in [6.45, 7) is 6.61. The Labute approximate surface area is 187 Å². The second-order valence-corrected chi connectivity index (χ2v) is 8.40. The van der Waals surface area contributed by atoms with Crippen LogP contribution in [-0.2, 0) is 16.0 Å². The highest BCUT2D eigenvalue weighted by atomic mass is 16.2. The molecule has 7 nitrogen and oxygen atoms in total. The van der Waals surface area contributed by atoms with Gasteiger partial charge in [0.05, 0.1) is 0 Å². The zero-order valence-corrected chi connectivity index (χ0v) is 18.0. The van der Waals surface area contributed by atoms with E-state index in [2.05, 4.69) is 16.8 Å². The smallest absolute Gasteiger partial charge is 0.259 e. The lowest BCUT2D eigenvalue weighted by Crippen LogP contribution is -2.39. The fourth-order valence-electron chi connectivity index (χ4n) is 4.33. The maximum atomic E-state index is 12.6. The lowest BCUT2D eigenvalue weighted by atomic mass is 9.96.